The second-order valence-corrected chi connectivity index (χ2v) is 5.20. The lowest BCUT2D eigenvalue weighted by molar-refractivity contribution is -0.115. The molecule has 0 aliphatic heterocycles. The summed E-state index contributed by atoms with van der Waals surface area (Å²) < 4.78 is 23.5. The van der Waals surface area contributed by atoms with Crippen LogP contribution in [0.5, 0.6) is 5.75 Å². The van der Waals surface area contributed by atoms with Crippen molar-refractivity contribution in [3.05, 3.63) is 70.3 Å². The lowest BCUT2D eigenvalue weighted by atomic mass is 10.1. The highest BCUT2D eigenvalue weighted by molar-refractivity contribution is 5.94. The van der Waals surface area contributed by atoms with Crippen LogP contribution in [-0.2, 0) is 11.2 Å². The maximum atomic E-state index is 13.6. The molecule has 0 bridgehead atoms. The van der Waals surface area contributed by atoms with Crippen molar-refractivity contribution in [3.8, 4) is 5.75 Å². The van der Waals surface area contributed by atoms with E-state index in [0.29, 0.717) is 22.2 Å². The number of hydrogen-bond acceptors (Lipinski definition) is 4. The van der Waals surface area contributed by atoms with Gasteiger partial charge in [0.1, 0.15) is 5.58 Å². The summed E-state index contributed by atoms with van der Waals surface area (Å²) in [7, 11) is 1.38. The number of methoxy groups -OCH3 is 1. The van der Waals surface area contributed by atoms with Gasteiger partial charge in [0.25, 0.3) is 0 Å². The Labute approximate surface area is 136 Å². The maximum Gasteiger partial charge on any atom is 0.336 e. The van der Waals surface area contributed by atoms with E-state index in [1.807, 2.05) is 0 Å². The summed E-state index contributed by atoms with van der Waals surface area (Å²) in [6.07, 6.45) is 0.0306. The zero-order chi connectivity index (χ0) is 17.1. The largest absolute Gasteiger partial charge is 0.494 e. The number of carbonyl (C=O) groups is 1. The first-order chi connectivity index (χ1) is 11.5. The molecule has 3 aromatic rings. The van der Waals surface area contributed by atoms with Gasteiger partial charge in [-0.15, -0.1) is 0 Å². The maximum absolute atomic E-state index is 13.6. The summed E-state index contributed by atoms with van der Waals surface area (Å²) >= 11 is 0. The number of amides is 1. The van der Waals surface area contributed by atoms with Crippen molar-refractivity contribution in [1.29, 1.82) is 0 Å². The van der Waals surface area contributed by atoms with Crippen molar-refractivity contribution in [3.63, 3.8) is 0 Å². The number of fused-ring (bicyclic) bond motifs is 1. The first-order valence-corrected chi connectivity index (χ1v) is 7.21. The summed E-state index contributed by atoms with van der Waals surface area (Å²) in [6, 6.07) is 12.3. The number of nitrogens with one attached hydrogen (secondary N) is 1. The van der Waals surface area contributed by atoms with Crippen LogP contribution in [0.25, 0.3) is 11.0 Å². The Bertz CT molecular complexity index is 965. The van der Waals surface area contributed by atoms with Crippen molar-refractivity contribution in [2.24, 2.45) is 0 Å². The van der Waals surface area contributed by atoms with Crippen LogP contribution in [0.2, 0.25) is 0 Å². The van der Waals surface area contributed by atoms with E-state index in [9.17, 15) is 14.0 Å². The molecule has 1 amide bonds. The van der Waals surface area contributed by atoms with Gasteiger partial charge in [-0.25, -0.2) is 9.18 Å². The molecule has 6 heteroatoms. The van der Waals surface area contributed by atoms with Crippen LogP contribution in [0.3, 0.4) is 0 Å². The van der Waals surface area contributed by atoms with Crippen molar-refractivity contribution in [2.75, 3.05) is 12.4 Å². The minimum Gasteiger partial charge on any atom is -0.494 e. The molecule has 122 valence electrons. The quantitative estimate of drug-likeness (QED) is 0.748. The fourth-order valence-corrected chi connectivity index (χ4v) is 2.36. The molecule has 2 aromatic carbocycles. The van der Waals surface area contributed by atoms with Gasteiger partial charge < -0.3 is 14.5 Å². The zero-order valence-electron chi connectivity index (χ0n) is 12.8. The topological polar surface area (TPSA) is 68.5 Å². The van der Waals surface area contributed by atoms with Crippen molar-refractivity contribution in [1.82, 2.24) is 0 Å². The molecule has 24 heavy (non-hydrogen) atoms. The van der Waals surface area contributed by atoms with Crippen LogP contribution in [0, 0.1) is 5.82 Å². The van der Waals surface area contributed by atoms with E-state index in [1.165, 1.54) is 25.3 Å². The Balaban J connectivity index is 1.73. The summed E-state index contributed by atoms with van der Waals surface area (Å²) in [5.74, 6) is -0.657. The van der Waals surface area contributed by atoms with Gasteiger partial charge in [-0.2, -0.15) is 0 Å². The molecule has 1 heterocycles. The van der Waals surface area contributed by atoms with Gasteiger partial charge in [0.05, 0.1) is 13.5 Å². The average molecular weight is 327 g/mol. The molecule has 0 radical (unpaired) electrons. The first kappa shape index (κ1) is 15.7. The second kappa shape index (κ2) is 6.54. The highest BCUT2D eigenvalue weighted by Crippen LogP contribution is 2.20. The van der Waals surface area contributed by atoms with E-state index >= 15 is 0 Å². The van der Waals surface area contributed by atoms with Crippen molar-refractivity contribution >= 4 is 22.6 Å². The predicted octanol–water partition coefficient (Wildman–Crippen LogP) is 3.12. The van der Waals surface area contributed by atoms with Gasteiger partial charge in [0, 0.05) is 17.1 Å². The molecule has 0 fully saturated rings. The van der Waals surface area contributed by atoms with Crippen LogP contribution < -0.4 is 15.7 Å². The number of ether oxygens (including phenoxy) is 1. The van der Waals surface area contributed by atoms with Crippen molar-refractivity contribution in [2.45, 2.75) is 6.42 Å². The third-order valence-electron chi connectivity index (χ3n) is 3.48. The minimum absolute atomic E-state index is 0.0306. The van der Waals surface area contributed by atoms with Gasteiger partial charge in [-0.3, -0.25) is 4.79 Å². The molecule has 0 saturated heterocycles. The number of halogens is 1. The van der Waals surface area contributed by atoms with Crippen LogP contribution in [0.1, 0.15) is 5.56 Å². The van der Waals surface area contributed by atoms with Gasteiger partial charge in [0.2, 0.25) is 5.91 Å². The summed E-state index contributed by atoms with van der Waals surface area (Å²) in [5.41, 5.74) is 1.12. The van der Waals surface area contributed by atoms with E-state index in [4.69, 9.17) is 9.15 Å². The fourth-order valence-electron chi connectivity index (χ4n) is 2.36. The molecular weight excluding hydrogens is 313 g/mol. The van der Waals surface area contributed by atoms with Gasteiger partial charge in [-0.1, -0.05) is 6.07 Å². The normalized spacial score (nSPS) is 10.6. The highest BCUT2D eigenvalue weighted by Gasteiger charge is 2.09. The molecule has 1 N–H and O–H groups in total. The average Bonchev–Trinajstić information content (AvgIpc) is 2.55. The van der Waals surface area contributed by atoms with Crippen LogP contribution in [0.15, 0.2) is 57.7 Å². The molecule has 0 unspecified atom stereocenters. The van der Waals surface area contributed by atoms with E-state index in [-0.39, 0.29) is 18.1 Å². The molecule has 0 spiro atoms. The minimum atomic E-state index is -0.511. The van der Waals surface area contributed by atoms with Gasteiger partial charge in [0.15, 0.2) is 11.6 Å². The molecule has 1 aromatic heterocycles. The second-order valence-electron chi connectivity index (χ2n) is 5.20. The monoisotopic (exact) mass is 327 g/mol. The number of rotatable bonds is 4. The number of anilines is 1. The van der Waals surface area contributed by atoms with E-state index < -0.39 is 11.4 Å². The van der Waals surface area contributed by atoms with Crippen LogP contribution >= 0.6 is 0 Å². The molecule has 0 aliphatic rings. The third kappa shape index (κ3) is 3.43. The summed E-state index contributed by atoms with van der Waals surface area (Å²) in [6.45, 7) is 0. The summed E-state index contributed by atoms with van der Waals surface area (Å²) in [4.78, 5) is 23.2. The van der Waals surface area contributed by atoms with Crippen LogP contribution in [0.4, 0.5) is 10.1 Å². The van der Waals surface area contributed by atoms with E-state index in [2.05, 4.69) is 5.32 Å². The Morgan fingerprint density at radius 1 is 1.17 bits per heavy atom. The smallest absolute Gasteiger partial charge is 0.336 e. The van der Waals surface area contributed by atoms with Gasteiger partial charge in [-0.05, 0) is 42.0 Å². The molecule has 5 nitrogen and oxygen atoms in total. The Hall–Kier alpha value is -3.15. The fraction of sp³-hybridized carbons (Fsp3) is 0.111. The lowest BCUT2D eigenvalue weighted by Crippen LogP contribution is -2.14. The Morgan fingerprint density at radius 3 is 2.75 bits per heavy atom. The third-order valence-corrected chi connectivity index (χ3v) is 3.48. The van der Waals surface area contributed by atoms with Crippen LogP contribution in [-0.4, -0.2) is 13.0 Å². The molecule has 0 aliphatic carbocycles. The molecular formula is C18H14FNO4. The zero-order valence-corrected chi connectivity index (χ0v) is 12.8. The Kier molecular flexibility index (Phi) is 4.29. The van der Waals surface area contributed by atoms with E-state index in [1.54, 1.807) is 30.3 Å². The van der Waals surface area contributed by atoms with Crippen molar-refractivity contribution < 1.29 is 18.3 Å². The summed E-state index contributed by atoms with van der Waals surface area (Å²) in [5, 5.41) is 3.43. The predicted molar refractivity (Wildman–Crippen MR) is 87.8 cm³/mol. The molecule has 3 rings (SSSR count). The van der Waals surface area contributed by atoms with E-state index in [0.717, 1.165) is 0 Å². The lowest BCUT2D eigenvalue weighted by Gasteiger charge is -2.07. The standard InChI is InChI=1S/C18H14FNO4/c1-23-16-5-2-11(8-14(16)19)9-17(21)20-13-4-6-15-12(10-13)3-7-18(22)24-15/h2-8,10H,9H2,1H3,(H,20,21). The SMILES string of the molecule is COc1ccc(CC(=O)Nc2ccc3oc(=O)ccc3c2)cc1F. The highest BCUT2D eigenvalue weighted by atomic mass is 19.1. The number of hydrogen-bond donors (Lipinski definition) is 1. The number of carbonyl (C=O) groups excluding carboxylic acids is 1. The van der Waals surface area contributed by atoms with Gasteiger partial charge >= 0.3 is 5.63 Å². The molecule has 0 saturated carbocycles. The molecule has 0 atom stereocenters. The first-order valence-electron chi connectivity index (χ1n) is 7.21. The Morgan fingerprint density at radius 2 is 2.00 bits per heavy atom. The number of benzene rings is 2.